The summed E-state index contributed by atoms with van der Waals surface area (Å²) in [6, 6.07) is 4.51. The van der Waals surface area contributed by atoms with Crippen LogP contribution in [0.4, 0.5) is 4.39 Å². The highest BCUT2D eigenvalue weighted by atomic mass is 79.9. The third-order valence-electron chi connectivity index (χ3n) is 3.08. The Bertz CT molecular complexity index is 366. The summed E-state index contributed by atoms with van der Waals surface area (Å²) in [5, 5.41) is 3.39. The standard InChI is InChI=1S/C13H17BrFNO/c14-12-8-11(15)3-4-13(12)17-7-5-10-2-1-6-16-9-10/h3-4,8,10,16H,1-2,5-7,9H2. The van der Waals surface area contributed by atoms with Gasteiger partial charge in [-0.15, -0.1) is 0 Å². The van der Waals surface area contributed by atoms with Gasteiger partial charge in [0.2, 0.25) is 0 Å². The molecule has 0 saturated carbocycles. The van der Waals surface area contributed by atoms with Gasteiger partial charge in [0.25, 0.3) is 0 Å². The number of benzene rings is 1. The van der Waals surface area contributed by atoms with Gasteiger partial charge in [-0.2, -0.15) is 0 Å². The zero-order chi connectivity index (χ0) is 12.1. The van der Waals surface area contributed by atoms with Crippen molar-refractivity contribution in [2.45, 2.75) is 19.3 Å². The van der Waals surface area contributed by atoms with Gasteiger partial charge in [0.15, 0.2) is 0 Å². The average Bonchev–Trinajstić information content (AvgIpc) is 2.33. The molecule has 1 aromatic rings. The van der Waals surface area contributed by atoms with E-state index in [4.69, 9.17) is 4.74 Å². The summed E-state index contributed by atoms with van der Waals surface area (Å²) in [5.41, 5.74) is 0. The summed E-state index contributed by atoms with van der Waals surface area (Å²) >= 11 is 3.30. The van der Waals surface area contributed by atoms with Gasteiger partial charge in [-0.05, 0) is 72.4 Å². The van der Waals surface area contributed by atoms with Crippen LogP contribution in [0.3, 0.4) is 0 Å². The SMILES string of the molecule is Fc1ccc(OCCC2CCCNC2)c(Br)c1. The van der Waals surface area contributed by atoms with Crippen LogP contribution in [0.2, 0.25) is 0 Å². The number of halogens is 2. The Labute approximate surface area is 110 Å². The monoisotopic (exact) mass is 301 g/mol. The van der Waals surface area contributed by atoms with Crippen molar-refractivity contribution in [3.05, 3.63) is 28.5 Å². The zero-order valence-corrected chi connectivity index (χ0v) is 11.3. The molecule has 1 unspecified atom stereocenters. The van der Waals surface area contributed by atoms with Gasteiger partial charge >= 0.3 is 0 Å². The van der Waals surface area contributed by atoms with Crippen molar-refractivity contribution in [3.8, 4) is 5.75 Å². The highest BCUT2D eigenvalue weighted by Gasteiger charge is 2.13. The minimum Gasteiger partial charge on any atom is -0.492 e. The summed E-state index contributed by atoms with van der Waals surface area (Å²) in [4.78, 5) is 0. The fourth-order valence-corrected chi connectivity index (χ4v) is 2.56. The van der Waals surface area contributed by atoms with E-state index in [9.17, 15) is 4.39 Å². The fourth-order valence-electron chi connectivity index (χ4n) is 2.10. The van der Waals surface area contributed by atoms with Crippen LogP contribution in [-0.4, -0.2) is 19.7 Å². The van der Waals surface area contributed by atoms with Crippen molar-refractivity contribution in [1.82, 2.24) is 5.32 Å². The second kappa shape index (κ2) is 6.36. The second-order valence-electron chi connectivity index (χ2n) is 4.42. The molecule has 0 spiro atoms. The van der Waals surface area contributed by atoms with Gasteiger partial charge in [-0.3, -0.25) is 0 Å². The largest absolute Gasteiger partial charge is 0.492 e. The van der Waals surface area contributed by atoms with Crippen molar-refractivity contribution in [2.24, 2.45) is 5.92 Å². The molecule has 4 heteroatoms. The Hall–Kier alpha value is -0.610. The molecule has 0 aromatic heterocycles. The molecule has 1 aliphatic heterocycles. The molecule has 1 saturated heterocycles. The van der Waals surface area contributed by atoms with Crippen molar-refractivity contribution >= 4 is 15.9 Å². The van der Waals surface area contributed by atoms with Gasteiger partial charge in [-0.1, -0.05) is 0 Å². The molecule has 1 atom stereocenters. The predicted molar refractivity (Wildman–Crippen MR) is 69.8 cm³/mol. The van der Waals surface area contributed by atoms with E-state index in [0.29, 0.717) is 17.0 Å². The molecule has 2 rings (SSSR count). The highest BCUT2D eigenvalue weighted by molar-refractivity contribution is 9.10. The molecule has 0 aliphatic carbocycles. The maximum absolute atomic E-state index is 12.9. The Morgan fingerprint density at radius 2 is 2.35 bits per heavy atom. The molecule has 2 nitrogen and oxygen atoms in total. The third kappa shape index (κ3) is 3.96. The van der Waals surface area contributed by atoms with Crippen LogP contribution < -0.4 is 10.1 Å². The molecule has 94 valence electrons. The first-order valence-electron chi connectivity index (χ1n) is 6.04. The molecule has 1 heterocycles. The van der Waals surface area contributed by atoms with Crippen LogP contribution in [-0.2, 0) is 0 Å². The van der Waals surface area contributed by atoms with E-state index >= 15 is 0 Å². The first-order chi connectivity index (χ1) is 8.25. The molecule has 17 heavy (non-hydrogen) atoms. The van der Waals surface area contributed by atoms with E-state index in [-0.39, 0.29) is 5.82 Å². The van der Waals surface area contributed by atoms with Crippen LogP contribution in [0.1, 0.15) is 19.3 Å². The number of nitrogens with one attached hydrogen (secondary N) is 1. The van der Waals surface area contributed by atoms with Gasteiger partial charge in [0, 0.05) is 0 Å². The molecule has 1 aliphatic rings. The summed E-state index contributed by atoms with van der Waals surface area (Å²) in [6.07, 6.45) is 3.59. The second-order valence-corrected chi connectivity index (χ2v) is 5.28. The lowest BCUT2D eigenvalue weighted by Gasteiger charge is -2.22. The molecule has 1 N–H and O–H groups in total. The number of hydrogen-bond acceptors (Lipinski definition) is 2. The van der Waals surface area contributed by atoms with E-state index in [1.165, 1.54) is 25.0 Å². The van der Waals surface area contributed by atoms with Crippen molar-refractivity contribution in [3.63, 3.8) is 0 Å². The Morgan fingerprint density at radius 1 is 1.47 bits per heavy atom. The topological polar surface area (TPSA) is 21.3 Å². The normalized spacial score (nSPS) is 20.2. The fraction of sp³-hybridized carbons (Fsp3) is 0.538. The maximum Gasteiger partial charge on any atom is 0.133 e. The smallest absolute Gasteiger partial charge is 0.133 e. The Kier molecular flexibility index (Phi) is 4.80. The lowest BCUT2D eigenvalue weighted by Crippen LogP contribution is -2.30. The molecular formula is C13H17BrFNO. The van der Waals surface area contributed by atoms with Gasteiger partial charge in [0.1, 0.15) is 11.6 Å². The van der Waals surface area contributed by atoms with Gasteiger partial charge in [0.05, 0.1) is 11.1 Å². The third-order valence-corrected chi connectivity index (χ3v) is 3.70. The van der Waals surface area contributed by atoms with Crippen LogP contribution in [0, 0.1) is 11.7 Å². The van der Waals surface area contributed by atoms with Gasteiger partial charge < -0.3 is 10.1 Å². The summed E-state index contributed by atoms with van der Waals surface area (Å²) < 4.78 is 19.2. The first kappa shape index (κ1) is 12.8. The van der Waals surface area contributed by atoms with Crippen molar-refractivity contribution < 1.29 is 9.13 Å². The minimum absolute atomic E-state index is 0.249. The van der Waals surface area contributed by atoms with E-state index in [0.717, 1.165) is 25.3 Å². The highest BCUT2D eigenvalue weighted by Crippen LogP contribution is 2.26. The van der Waals surface area contributed by atoms with Crippen molar-refractivity contribution in [2.75, 3.05) is 19.7 Å². The Morgan fingerprint density at radius 3 is 3.06 bits per heavy atom. The van der Waals surface area contributed by atoms with Crippen LogP contribution in [0.25, 0.3) is 0 Å². The number of ether oxygens (including phenoxy) is 1. The van der Waals surface area contributed by atoms with Crippen LogP contribution in [0.15, 0.2) is 22.7 Å². The Balaban J connectivity index is 1.77. The van der Waals surface area contributed by atoms with E-state index < -0.39 is 0 Å². The predicted octanol–water partition coefficient (Wildman–Crippen LogP) is 3.36. The molecule has 1 fully saturated rings. The number of hydrogen-bond donors (Lipinski definition) is 1. The lowest BCUT2D eigenvalue weighted by molar-refractivity contribution is 0.253. The molecular weight excluding hydrogens is 285 g/mol. The van der Waals surface area contributed by atoms with E-state index in [1.54, 1.807) is 6.07 Å². The number of piperidine rings is 1. The van der Waals surface area contributed by atoms with E-state index in [1.807, 2.05) is 0 Å². The summed E-state index contributed by atoms with van der Waals surface area (Å²) in [6.45, 7) is 2.92. The summed E-state index contributed by atoms with van der Waals surface area (Å²) in [5.74, 6) is 1.18. The molecule has 1 aromatic carbocycles. The molecule has 0 radical (unpaired) electrons. The summed E-state index contributed by atoms with van der Waals surface area (Å²) in [7, 11) is 0. The van der Waals surface area contributed by atoms with Crippen LogP contribution in [0.5, 0.6) is 5.75 Å². The van der Waals surface area contributed by atoms with E-state index in [2.05, 4.69) is 21.2 Å². The molecule has 0 bridgehead atoms. The zero-order valence-electron chi connectivity index (χ0n) is 9.72. The minimum atomic E-state index is -0.249. The molecule has 0 amide bonds. The quantitative estimate of drug-likeness (QED) is 0.921. The van der Waals surface area contributed by atoms with Crippen molar-refractivity contribution in [1.29, 1.82) is 0 Å². The first-order valence-corrected chi connectivity index (χ1v) is 6.83. The van der Waals surface area contributed by atoms with Crippen LogP contribution >= 0.6 is 15.9 Å². The average molecular weight is 302 g/mol. The number of rotatable bonds is 4. The maximum atomic E-state index is 12.9. The lowest BCUT2D eigenvalue weighted by atomic mass is 9.97. The van der Waals surface area contributed by atoms with Gasteiger partial charge in [-0.25, -0.2) is 4.39 Å².